The van der Waals surface area contributed by atoms with Gasteiger partial charge in [-0.05, 0) is 58.9 Å². The molecule has 1 heterocycles. The maximum absolute atomic E-state index is 14.3. The average Bonchev–Trinajstić information content (AvgIpc) is 3.16. The quantitative estimate of drug-likeness (QED) is 0.278. The highest BCUT2D eigenvalue weighted by atomic mass is 79.9. The van der Waals surface area contributed by atoms with Gasteiger partial charge in [-0.2, -0.15) is 0 Å². The Hall–Kier alpha value is -2.67. The molecule has 1 saturated heterocycles. The Morgan fingerprint density at radius 2 is 1.32 bits per heavy atom. The Labute approximate surface area is 239 Å². The molecule has 3 aromatic carbocycles. The standard InChI is InChI=1S/C30H25BrCl2N2O3/c1-15(2)25(26(36)34-17-12-13-22(31)16(3)14-17)35-27(37)23-24(28(35)38)30(33)19-9-5-4-8-18(19)29(23,32)20-10-6-7-11-21(20)30/h4-15,23-25H,1-3H3,(H,34,36)/t23-,24+,25-,29?,30?/m0/s1. The third-order valence-corrected chi connectivity index (χ3v) is 10.4. The highest BCUT2D eigenvalue weighted by Gasteiger charge is 2.73. The molecule has 4 aliphatic rings. The predicted molar refractivity (Wildman–Crippen MR) is 151 cm³/mol. The van der Waals surface area contributed by atoms with E-state index in [4.69, 9.17) is 23.2 Å². The summed E-state index contributed by atoms with van der Waals surface area (Å²) in [4.78, 5) is 40.8. The van der Waals surface area contributed by atoms with Crippen LogP contribution in [0.5, 0.6) is 0 Å². The molecule has 1 N–H and O–H groups in total. The normalized spacial score (nSPS) is 27.7. The van der Waals surface area contributed by atoms with Gasteiger partial charge < -0.3 is 5.32 Å². The summed E-state index contributed by atoms with van der Waals surface area (Å²) in [6.45, 7) is 5.57. The monoisotopic (exact) mass is 610 g/mol. The van der Waals surface area contributed by atoms with E-state index in [0.29, 0.717) is 5.69 Å². The number of carbonyl (C=O) groups is 3. The minimum absolute atomic E-state index is 0.348. The van der Waals surface area contributed by atoms with Crippen molar-refractivity contribution in [2.24, 2.45) is 17.8 Å². The number of aryl methyl sites for hydroxylation is 1. The molecule has 1 fully saturated rings. The molecular formula is C30H25BrCl2N2O3. The number of imide groups is 1. The van der Waals surface area contributed by atoms with Crippen LogP contribution in [0.3, 0.4) is 0 Å². The number of benzene rings is 3. The number of nitrogens with zero attached hydrogens (tertiary/aromatic N) is 1. The van der Waals surface area contributed by atoms with Crippen LogP contribution in [0.1, 0.15) is 41.7 Å². The molecule has 0 unspecified atom stereocenters. The van der Waals surface area contributed by atoms with Crippen LogP contribution in [0.15, 0.2) is 71.2 Å². The van der Waals surface area contributed by atoms with E-state index in [0.717, 1.165) is 37.2 Å². The zero-order valence-corrected chi connectivity index (χ0v) is 24.1. The van der Waals surface area contributed by atoms with Crippen LogP contribution in [-0.2, 0) is 24.1 Å². The smallest absolute Gasteiger partial charge is 0.247 e. The van der Waals surface area contributed by atoms with E-state index in [9.17, 15) is 14.4 Å². The van der Waals surface area contributed by atoms with Gasteiger partial charge in [0.05, 0.1) is 11.8 Å². The van der Waals surface area contributed by atoms with Crippen LogP contribution >= 0.6 is 39.1 Å². The lowest BCUT2D eigenvalue weighted by atomic mass is 9.54. The van der Waals surface area contributed by atoms with Gasteiger partial charge in [-0.25, -0.2) is 0 Å². The number of hydrogen-bond donors (Lipinski definition) is 1. The Morgan fingerprint density at radius 3 is 1.71 bits per heavy atom. The number of hydrogen-bond acceptors (Lipinski definition) is 3. The Morgan fingerprint density at radius 1 is 0.868 bits per heavy atom. The predicted octanol–water partition coefficient (Wildman–Crippen LogP) is 6.31. The van der Waals surface area contributed by atoms with E-state index >= 15 is 0 Å². The summed E-state index contributed by atoms with van der Waals surface area (Å²) >= 11 is 18.5. The van der Waals surface area contributed by atoms with Gasteiger partial charge in [-0.3, -0.25) is 19.3 Å². The lowest BCUT2D eigenvalue weighted by molar-refractivity contribution is -0.148. The summed E-state index contributed by atoms with van der Waals surface area (Å²) in [5, 5.41) is 2.91. The Balaban J connectivity index is 1.47. The van der Waals surface area contributed by atoms with Gasteiger partial charge in [0, 0.05) is 10.2 Å². The second-order valence-electron chi connectivity index (χ2n) is 10.7. The molecule has 5 nitrogen and oxygen atoms in total. The van der Waals surface area contributed by atoms with Gasteiger partial charge in [-0.1, -0.05) is 78.3 Å². The number of carbonyl (C=O) groups excluding carboxylic acids is 3. The molecule has 0 radical (unpaired) electrons. The fourth-order valence-corrected chi connectivity index (χ4v) is 7.96. The minimum Gasteiger partial charge on any atom is -0.324 e. The van der Waals surface area contributed by atoms with E-state index in [2.05, 4.69) is 21.2 Å². The van der Waals surface area contributed by atoms with Crippen molar-refractivity contribution < 1.29 is 14.4 Å². The Bertz CT molecular complexity index is 1420. The van der Waals surface area contributed by atoms with Crippen molar-refractivity contribution in [3.63, 3.8) is 0 Å². The second kappa shape index (κ2) is 8.67. The summed E-state index contributed by atoms with van der Waals surface area (Å²) in [5.41, 5.74) is 4.46. The fourth-order valence-electron chi connectivity index (χ4n) is 6.62. The maximum Gasteiger partial charge on any atom is 0.247 e. The first-order valence-corrected chi connectivity index (χ1v) is 14.1. The van der Waals surface area contributed by atoms with Crippen molar-refractivity contribution in [2.75, 3.05) is 5.32 Å². The second-order valence-corrected chi connectivity index (χ2v) is 12.7. The molecule has 3 aromatic rings. The third-order valence-electron chi connectivity index (χ3n) is 8.22. The molecule has 3 aliphatic carbocycles. The molecule has 0 spiro atoms. The lowest BCUT2D eigenvalue weighted by Gasteiger charge is -2.54. The lowest BCUT2D eigenvalue weighted by Crippen LogP contribution is -2.57. The molecule has 0 saturated carbocycles. The van der Waals surface area contributed by atoms with E-state index < -0.39 is 45.3 Å². The largest absolute Gasteiger partial charge is 0.324 e. The maximum atomic E-state index is 14.3. The number of anilines is 1. The van der Waals surface area contributed by atoms with Gasteiger partial charge in [-0.15, -0.1) is 23.2 Å². The number of likely N-dealkylation sites (tertiary alicyclic amines) is 1. The summed E-state index contributed by atoms with van der Waals surface area (Å²) in [7, 11) is 0. The zero-order valence-electron chi connectivity index (χ0n) is 21.0. The van der Waals surface area contributed by atoms with Crippen molar-refractivity contribution in [1.29, 1.82) is 0 Å². The third kappa shape index (κ3) is 3.20. The molecule has 3 atom stereocenters. The van der Waals surface area contributed by atoms with Crippen LogP contribution in [0.4, 0.5) is 5.69 Å². The SMILES string of the molecule is Cc1cc(NC(=O)[C@H](C(C)C)N2C(=O)[C@@H]3[C@H](C2=O)C2(Cl)c4ccccc4C3(Cl)c3ccccc32)ccc1Br. The molecular weight excluding hydrogens is 587 g/mol. The molecule has 7 rings (SSSR count). The number of rotatable bonds is 4. The molecule has 2 bridgehead atoms. The molecule has 8 heteroatoms. The van der Waals surface area contributed by atoms with Gasteiger partial charge in [0.1, 0.15) is 15.8 Å². The van der Waals surface area contributed by atoms with E-state index in [1.807, 2.05) is 81.4 Å². The summed E-state index contributed by atoms with van der Waals surface area (Å²) in [5.74, 6) is -3.60. The first kappa shape index (κ1) is 25.6. The minimum atomic E-state index is -1.28. The van der Waals surface area contributed by atoms with Crippen molar-refractivity contribution in [3.05, 3.63) is 99.0 Å². The van der Waals surface area contributed by atoms with Crippen LogP contribution in [0.25, 0.3) is 0 Å². The Kier molecular flexibility index (Phi) is 5.84. The number of nitrogens with one attached hydrogen (secondary N) is 1. The van der Waals surface area contributed by atoms with Crippen molar-refractivity contribution in [1.82, 2.24) is 4.90 Å². The highest BCUT2D eigenvalue weighted by Crippen LogP contribution is 2.69. The first-order valence-electron chi connectivity index (χ1n) is 12.5. The van der Waals surface area contributed by atoms with Gasteiger partial charge in [0.15, 0.2) is 0 Å². The number of halogens is 3. The van der Waals surface area contributed by atoms with Crippen molar-refractivity contribution in [3.8, 4) is 0 Å². The molecule has 1 aliphatic heterocycles. The topological polar surface area (TPSA) is 66.5 Å². The molecule has 3 amide bonds. The highest BCUT2D eigenvalue weighted by molar-refractivity contribution is 9.10. The van der Waals surface area contributed by atoms with Crippen LogP contribution in [0, 0.1) is 24.7 Å². The molecule has 194 valence electrons. The van der Waals surface area contributed by atoms with Crippen LogP contribution < -0.4 is 5.32 Å². The number of alkyl halides is 2. The summed E-state index contributed by atoms with van der Waals surface area (Å²) in [6.07, 6.45) is 0. The molecule has 38 heavy (non-hydrogen) atoms. The van der Waals surface area contributed by atoms with Gasteiger partial charge in [0.2, 0.25) is 17.7 Å². The summed E-state index contributed by atoms with van der Waals surface area (Å²) < 4.78 is 0.916. The van der Waals surface area contributed by atoms with E-state index in [-0.39, 0.29) is 5.92 Å². The van der Waals surface area contributed by atoms with Gasteiger partial charge >= 0.3 is 0 Å². The zero-order chi connectivity index (χ0) is 27.1. The van der Waals surface area contributed by atoms with E-state index in [1.54, 1.807) is 6.07 Å². The van der Waals surface area contributed by atoms with Crippen LogP contribution in [-0.4, -0.2) is 28.7 Å². The molecule has 0 aromatic heterocycles. The average molecular weight is 612 g/mol. The van der Waals surface area contributed by atoms with Crippen molar-refractivity contribution >= 4 is 62.5 Å². The van der Waals surface area contributed by atoms with E-state index in [1.165, 1.54) is 0 Å². The number of amides is 3. The van der Waals surface area contributed by atoms with Gasteiger partial charge in [0.25, 0.3) is 0 Å². The summed E-state index contributed by atoms with van der Waals surface area (Å²) in [6, 6.07) is 19.4. The fraction of sp³-hybridized carbons (Fsp3) is 0.300. The first-order chi connectivity index (χ1) is 18.0. The van der Waals surface area contributed by atoms with Crippen molar-refractivity contribution in [2.45, 2.75) is 36.6 Å². The van der Waals surface area contributed by atoms with Crippen LogP contribution in [0.2, 0.25) is 0 Å².